The van der Waals surface area contributed by atoms with Gasteiger partial charge in [-0.3, -0.25) is 4.98 Å². The summed E-state index contributed by atoms with van der Waals surface area (Å²) < 4.78 is 10.6. The average Bonchev–Trinajstić information content (AvgIpc) is 3.39. The van der Waals surface area contributed by atoms with E-state index >= 15 is 0 Å². The Morgan fingerprint density at radius 1 is 1.18 bits per heavy atom. The van der Waals surface area contributed by atoms with Gasteiger partial charge >= 0.3 is 0 Å². The van der Waals surface area contributed by atoms with E-state index in [1.165, 1.54) is 0 Å². The largest absolute Gasteiger partial charge is 0.475 e. The van der Waals surface area contributed by atoms with E-state index in [0.717, 1.165) is 30.0 Å². The Morgan fingerprint density at radius 2 is 2.00 bits per heavy atom. The Bertz CT molecular complexity index is 602. The summed E-state index contributed by atoms with van der Waals surface area (Å²) in [6.07, 6.45) is 5.88. The number of hydrogen-bond donors (Lipinski definition) is 1. The fourth-order valence-corrected chi connectivity index (χ4v) is 2.05. The van der Waals surface area contributed by atoms with Crippen LogP contribution < -0.4 is 10.1 Å². The minimum Gasteiger partial charge on any atom is -0.475 e. The van der Waals surface area contributed by atoms with Crippen molar-refractivity contribution in [3.05, 3.63) is 42.0 Å². The van der Waals surface area contributed by atoms with Crippen LogP contribution in [0, 0.1) is 0 Å². The van der Waals surface area contributed by atoms with Gasteiger partial charge in [-0.1, -0.05) is 0 Å². The van der Waals surface area contributed by atoms with E-state index in [4.69, 9.17) is 9.47 Å². The van der Waals surface area contributed by atoms with Crippen molar-refractivity contribution in [1.29, 1.82) is 0 Å². The van der Waals surface area contributed by atoms with Gasteiger partial charge in [-0.15, -0.1) is 0 Å². The zero-order valence-corrected chi connectivity index (χ0v) is 12.7. The van der Waals surface area contributed by atoms with E-state index in [9.17, 15) is 0 Å². The Hall–Kier alpha value is -2.21. The second-order valence-corrected chi connectivity index (χ2v) is 5.27. The number of rotatable bonds is 8. The number of anilines is 1. The standard InChI is InChI=1S/C16H20N4O2/c1-21-8-9-22-15-10-14(19-16(20-15)13-2-3-13)18-11-12-4-6-17-7-5-12/h4-7,10,13H,2-3,8-9,11H2,1H3,(H,18,19,20). The van der Waals surface area contributed by atoms with Gasteiger partial charge in [-0.05, 0) is 30.5 Å². The van der Waals surface area contributed by atoms with E-state index in [2.05, 4.69) is 20.3 Å². The summed E-state index contributed by atoms with van der Waals surface area (Å²) in [5.41, 5.74) is 1.16. The quantitative estimate of drug-likeness (QED) is 0.755. The summed E-state index contributed by atoms with van der Waals surface area (Å²) in [6, 6.07) is 5.79. The molecule has 2 heterocycles. The van der Waals surface area contributed by atoms with Crippen molar-refractivity contribution < 1.29 is 9.47 Å². The molecule has 0 bridgehead atoms. The van der Waals surface area contributed by atoms with Gasteiger partial charge in [0.15, 0.2) is 0 Å². The number of methoxy groups -OCH3 is 1. The summed E-state index contributed by atoms with van der Waals surface area (Å²) in [6.45, 7) is 1.73. The molecule has 0 saturated heterocycles. The third-order valence-electron chi connectivity index (χ3n) is 3.42. The average molecular weight is 300 g/mol. The summed E-state index contributed by atoms with van der Waals surface area (Å²) >= 11 is 0. The Kier molecular flexibility index (Phi) is 4.80. The van der Waals surface area contributed by atoms with Crippen molar-refractivity contribution in [3.63, 3.8) is 0 Å². The van der Waals surface area contributed by atoms with E-state index in [1.54, 1.807) is 19.5 Å². The molecule has 0 radical (unpaired) electrons. The Labute approximate surface area is 129 Å². The highest BCUT2D eigenvalue weighted by Crippen LogP contribution is 2.39. The molecular formula is C16H20N4O2. The number of aromatic nitrogens is 3. The first-order valence-corrected chi connectivity index (χ1v) is 7.48. The van der Waals surface area contributed by atoms with Gasteiger partial charge in [0.25, 0.3) is 0 Å². The molecule has 1 aliphatic rings. The molecule has 1 aliphatic carbocycles. The van der Waals surface area contributed by atoms with Gasteiger partial charge in [0.2, 0.25) is 5.88 Å². The number of nitrogens with one attached hydrogen (secondary N) is 1. The van der Waals surface area contributed by atoms with Crippen LogP contribution in [-0.4, -0.2) is 35.3 Å². The molecule has 1 N–H and O–H groups in total. The first-order valence-electron chi connectivity index (χ1n) is 7.48. The lowest BCUT2D eigenvalue weighted by Gasteiger charge is -2.10. The predicted molar refractivity (Wildman–Crippen MR) is 82.9 cm³/mol. The van der Waals surface area contributed by atoms with Crippen molar-refractivity contribution >= 4 is 5.82 Å². The molecule has 0 aromatic carbocycles. The second kappa shape index (κ2) is 7.17. The minimum absolute atomic E-state index is 0.479. The lowest BCUT2D eigenvalue weighted by molar-refractivity contribution is 0.143. The van der Waals surface area contributed by atoms with Crippen LogP contribution in [0.3, 0.4) is 0 Å². The number of hydrogen-bond acceptors (Lipinski definition) is 6. The SMILES string of the molecule is COCCOc1cc(NCc2ccncc2)nc(C2CC2)n1. The lowest BCUT2D eigenvalue weighted by Crippen LogP contribution is -2.09. The third kappa shape index (κ3) is 4.14. The van der Waals surface area contributed by atoms with Crippen LogP contribution in [0.4, 0.5) is 5.82 Å². The normalized spacial score (nSPS) is 13.9. The van der Waals surface area contributed by atoms with Gasteiger partial charge in [0.05, 0.1) is 6.61 Å². The van der Waals surface area contributed by atoms with Gasteiger partial charge < -0.3 is 14.8 Å². The molecule has 3 rings (SSSR count). The monoisotopic (exact) mass is 300 g/mol. The van der Waals surface area contributed by atoms with Crippen LogP contribution in [0.15, 0.2) is 30.6 Å². The molecule has 2 aromatic rings. The molecule has 22 heavy (non-hydrogen) atoms. The van der Waals surface area contributed by atoms with Crippen LogP contribution >= 0.6 is 0 Å². The highest BCUT2D eigenvalue weighted by Gasteiger charge is 2.27. The van der Waals surface area contributed by atoms with Crippen LogP contribution in [0.25, 0.3) is 0 Å². The van der Waals surface area contributed by atoms with Crippen LogP contribution in [0.5, 0.6) is 5.88 Å². The maximum atomic E-state index is 5.63. The molecular weight excluding hydrogens is 280 g/mol. The van der Waals surface area contributed by atoms with Crippen molar-refractivity contribution in [2.24, 2.45) is 0 Å². The Balaban J connectivity index is 1.68. The van der Waals surface area contributed by atoms with Gasteiger partial charge in [0.1, 0.15) is 18.2 Å². The lowest BCUT2D eigenvalue weighted by atomic mass is 10.3. The first-order chi connectivity index (χ1) is 10.8. The van der Waals surface area contributed by atoms with Gasteiger partial charge in [-0.25, -0.2) is 4.98 Å². The minimum atomic E-state index is 0.479. The van der Waals surface area contributed by atoms with Gasteiger partial charge in [-0.2, -0.15) is 4.98 Å². The molecule has 6 heteroatoms. The van der Waals surface area contributed by atoms with E-state index in [-0.39, 0.29) is 0 Å². The zero-order valence-electron chi connectivity index (χ0n) is 12.7. The molecule has 1 saturated carbocycles. The smallest absolute Gasteiger partial charge is 0.218 e. The van der Waals surface area contributed by atoms with Crippen LogP contribution in [0.1, 0.15) is 30.1 Å². The molecule has 0 unspecified atom stereocenters. The molecule has 116 valence electrons. The molecule has 2 aromatic heterocycles. The van der Waals surface area contributed by atoms with E-state index < -0.39 is 0 Å². The van der Waals surface area contributed by atoms with E-state index in [1.807, 2.05) is 18.2 Å². The zero-order chi connectivity index (χ0) is 15.2. The molecule has 6 nitrogen and oxygen atoms in total. The number of pyridine rings is 1. The summed E-state index contributed by atoms with van der Waals surface area (Å²) in [5, 5.41) is 3.32. The van der Waals surface area contributed by atoms with E-state index in [0.29, 0.717) is 31.6 Å². The summed E-state index contributed by atoms with van der Waals surface area (Å²) in [5.74, 6) is 2.74. The summed E-state index contributed by atoms with van der Waals surface area (Å²) in [4.78, 5) is 13.1. The predicted octanol–water partition coefficient (Wildman–Crippen LogP) is 2.39. The maximum absolute atomic E-state index is 5.63. The topological polar surface area (TPSA) is 69.2 Å². The molecule has 0 spiro atoms. The third-order valence-corrected chi connectivity index (χ3v) is 3.42. The molecule has 1 fully saturated rings. The first kappa shape index (κ1) is 14.7. The van der Waals surface area contributed by atoms with Crippen molar-refractivity contribution in [3.8, 4) is 5.88 Å². The highest BCUT2D eigenvalue weighted by atomic mass is 16.5. The van der Waals surface area contributed by atoms with Crippen molar-refractivity contribution in [2.45, 2.75) is 25.3 Å². The number of nitrogens with zero attached hydrogens (tertiary/aromatic N) is 3. The van der Waals surface area contributed by atoms with Crippen molar-refractivity contribution in [2.75, 3.05) is 25.6 Å². The fraction of sp³-hybridized carbons (Fsp3) is 0.438. The van der Waals surface area contributed by atoms with Crippen molar-refractivity contribution in [1.82, 2.24) is 15.0 Å². The second-order valence-electron chi connectivity index (χ2n) is 5.27. The number of ether oxygens (including phenoxy) is 2. The maximum Gasteiger partial charge on any atom is 0.218 e. The molecule has 0 atom stereocenters. The van der Waals surface area contributed by atoms with Crippen LogP contribution in [0.2, 0.25) is 0 Å². The van der Waals surface area contributed by atoms with Crippen LogP contribution in [-0.2, 0) is 11.3 Å². The van der Waals surface area contributed by atoms with Gasteiger partial charge in [0, 0.05) is 38.0 Å². The highest BCUT2D eigenvalue weighted by molar-refractivity contribution is 5.40. The Morgan fingerprint density at radius 3 is 2.73 bits per heavy atom. The molecule has 0 aliphatic heterocycles. The summed E-state index contributed by atoms with van der Waals surface area (Å²) in [7, 11) is 1.65. The molecule has 0 amide bonds. The fourth-order valence-electron chi connectivity index (χ4n) is 2.05.